The molecule has 1 aromatic heterocycles. The fourth-order valence-electron chi connectivity index (χ4n) is 2.66. The molecular formula is C17H21N3O3. The number of carbonyl (C=O) groups excluding carboxylic acids is 1. The van der Waals surface area contributed by atoms with Crippen LogP contribution in [0.25, 0.3) is 11.4 Å². The van der Waals surface area contributed by atoms with Gasteiger partial charge in [-0.3, -0.25) is 4.79 Å². The zero-order valence-corrected chi connectivity index (χ0v) is 13.7. The Morgan fingerprint density at radius 1 is 1.39 bits per heavy atom. The van der Waals surface area contributed by atoms with Crippen LogP contribution in [0, 0.1) is 5.92 Å². The van der Waals surface area contributed by atoms with E-state index in [0.29, 0.717) is 42.9 Å². The molecule has 0 spiro atoms. The molecule has 2 aromatic rings. The van der Waals surface area contributed by atoms with Gasteiger partial charge in [-0.05, 0) is 18.1 Å². The first-order chi connectivity index (χ1) is 11.1. The summed E-state index contributed by atoms with van der Waals surface area (Å²) >= 11 is 0. The minimum absolute atomic E-state index is 0.127. The van der Waals surface area contributed by atoms with E-state index in [0.717, 1.165) is 5.56 Å². The lowest BCUT2D eigenvalue weighted by molar-refractivity contribution is -0.136. The second-order valence-corrected chi connectivity index (χ2v) is 6.25. The molecule has 0 bridgehead atoms. The maximum Gasteiger partial charge on any atom is 0.233 e. The number of para-hydroxylation sites is 1. The van der Waals surface area contributed by atoms with Gasteiger partial charge in [0, 0.05) is 19.5 Å². The molecular weight excluding hydrogens is 294 g/mol. The summed E-state index contributed by atoms with van der Waals surface area (Å²) in [6.07, 6.45) is 0.586. The van der Waals surface area contributed by atoms with Gasteiger partial charge in [0.05, 0.1) is 18.6 Å². The van der Waals surface area contributed by atoms with Crippen LogP contribution in [0.15, 0.2) is 28.8 Å². The van der Waals surface area contributed by atoms with Gasteiger partial charge in [0.2, 0.25) is 17.6 Å². The van der Waals surface area contributed by atoms with E-state index in [4.69, 9.17) is 9.26 Å². The SMILES string of the molecule is COc1ccccc1-c1noc(C2CN(C(=O)CC(C)C)C2)n1. The second kappa shape index (κ2) is 6.40. The topological polar surface area (TPSA) is 68.5 Å². The first-order valence-corrected chi connectivity index (χ1v) is 7.83. The summed E-state index contributed by atoms with van der Waals surface area (Å²) < 4.78 is 10.7. The molecule has 3 rings (SSSR count). The molecule has 2 heterocycles. The highest BCUT2D eigenvalue weighted by Crippen LogP contribution is 2.31. The summed E-state index contributed by atoms with van der Waals surface area (Å²) in [6.45, 7) is 5.40. The third-order valence-electron chi connectivity index (χ3n) is 3.96. The summed E-state index contributed by atoms with van der Waals surface area (Å²) in [4.78, 5) is 18.3. The van der Waals surface area contributed by atoms with Crippen LogP contribution in [-0.2, 0) is 4.79 Å². The van der Waals surface area contributed by atoms with E-state index >= 15 is 0 Å². The van der Waals surface area contributed by atoms with Crippen LogP contribution in [0.2, 0.25) is 0 Å². The monoisotopic (exact) mass is 315 g/mol. The number of ether oxygens (including phenoxy) is 1. The van der Waals surface area contributed by atoms with Gasteiger partial charge >= 0.3 is 0 Å². The van der Waals surface area contributed by atoms with Gasteiger partial charge in [-0.15, -0.1) is 0 Å². The van der Waals surface area contributed by atoms with Gasteiger partial charge in [-0.1, -0.05) is 31.1 Å². The van der Waals surface area contributed by atoms with Crippen molar-refractivity contribution in [2.75, 3.05) is 20.2 Å². The smallest absolute Gasteiger partial charge is 0.233 e. The van der Waals surface area contributed by atoms with Crippen LogP contribution in [-0.4, -0.2) is 41.1 Å². The Balaban J connectivity index is 1.66. The molecule has 1 saturated heterocycles. The largest absolute Gasteiger partial charge is 0.496 e. The number of carbonyl (C=O) groups is 1. The van der Waals surface area contributed by atoms with E-state index in [1.807, 2.05) is 43.0 Å². The lowest BCUT2D eigenvalue weighted by Gasteiger charge is -2.37. The first-order valence-electron chi connectivity index (χ1n) is 7.83. The number of rotatable bonds is 5. The first kappa shape index (κ1) is 15.5. The number of amides is 1. The van der Waals surface area contributed by atoms with Gasteiger partial charge in [0.25, 0.3) is 0 Å². The minimum Gasteiger partial charge on any atom is -0.496 e. The highest BCUT2D eigenvalue weighted by atomic mass is 16.5. The van der Waals surface area contributed by atoms with E-state index in [1.54, 1.807) is 7.11 Å². The molecule has 122 valence electrons. The van der Waals surface area contributed by atoms with Crippen LogP contribution < -0.4 is 4.74 Å². The third kappa shape index (κ3) is 3.21. The molecule has 0 aliphatic carbocycles. The van der Waals surface area contributed by atoms with E-state index in [9.17, 15) is 4.79 Å². The Morgan fingerprint density at radius 3 is 2.83 bits per heavy atom. The Labute approximate surface area is 135 Å². The average Bonchev–Trinajstić information content (AvgIpc) is 2.94. The zero-order valence-electron chi connectivity index (χ0n) is 13.7. The molecule has 0 radical (unpaired) electrons. The molecule has 1 fully saturated rings. The van der Waals surface area contributed by atoms with Crippen molar-refractivity contribution < 1.29 is 14.1 Å². The molecule has 1 aliphatic heterocycles. The quantitative estimate of drug-likeness (QED) is 0.848. The Hall–Kier alpha value is -2.37. The molecule has 23 heavy (non-hydrogen) atoms. The van der Waals surface area contributed by atoms with Crippen LogP contribution in [0.5, 0.6) is 5.75 Å². The summed E-state index contributed by atoms with van der Waals surface area (Å²) in [5.74, 6) is 2.51. The van der Waals surface area contributed by atoms with Crippen molar-refractivity contribution in [3.05, 3.63) is 30.2 Å². The van der Waals surface area contributed by atoms with Gasteiger partial charge in [0.15, 0.2) is 0 Å². The third-order valence-corrected chi connectivity index (χ3v) is 3.96. The molecule has 6 heteroatoms. The maximum atomic E-state index is 12.0. The van der Waals surface area contributed by atoms with Gasteiger partial charge in [-0.25, -0.2) is 0 Å². The van der Waals surface area contributed by atoms with Crippen molar-refractivity contribution in [3.63, 3.8) is 0 Å². The van der Waals surface area contributed by atoms with E-state index < -0.39 is 0 Å². The molecule has 1 amide bonds. The van der Waals surface area contributed by atoms with E-state index in [1.165, 1.54) is 0 Å². The van der Waals surface area contributed by atoms with Crippen LogP contribution >= 0.6 is 0 Å². The Kier molecular flexibility index (Phi) is 4.32. The molecule has 0 saturated carbocycles. The van der Waals surface area contributed by atoms with E-state index in [2.05, 4.69) is 10.1 Å². The molecule has 1 aromatic carbocycles. The summed E-state index contributed by atoms with van der Waals surface area (Å²) in [6, 6.07) is 7.56. The molecule has 0 unspecified atom stereocenters. The zero-order chi connectivity index (χ0) is 16.4. The Morgan fingerprint density at radius 2 is 2.13 bits per heavy atom. The minimum atomic E-state index is 0.127. The van der Waals surface area contributed by atoms with Crippen LogP contribution in [0.1, 0.15) is 32.1 Å². The number of hydrogen-bond donors (Lipinski definition) is 0. The predicted molar refractivity (Wildman–Crippen MR) is 85.1 cm³/mol. The number of aromatic nitrogens is 2. The number of methoxy groups -OCH3 is 1. The summed E-state index contributed by atoms with van der Waals surface area (Å²) in [5.41, 5.74) is 0.803. The van der Waals surface area contributed by atoms with Crippen molar-refractivity contribution in [1.29, 1.82) is 0 Å². The summed E-state index contributed by atoms with van der Waals surface area (Å²) in [5, 5.41) is 4.05. The van der Waals surface area contributed by atoms with Crippen LogP contribution in [0.4, 0.5) is 0 Å². The summed E-state index contributed by atoms with van der Waals surface area (Å²) in [7, 11) is 1.62. The highest BCUT2D eigenvalue weighted by molar-refractivity contribution is 5.77. The highest BCUT2D eigenvalue weighted by Gasteiger charge is 2.35. The fraction of sp³-hybridized carbons (Fsp3) is 0.471. The standard InChI is InChI=1S/C17H21N3O3/c1-11(2)8-15(21)20-9-12(10-20)17-18-16(19-23-17)13-6-4-5-7-14(13)22-3/h4-7,11-12H,8-10H2,1-3H3. The lowest BCUT2D eigenvalue weighted by atomic mass is 9.98. The predicted octanol–water partition coefficient (Wildman–Crippen LogP) is 2.72. The lowest BCUT2D eigenvalue weighted by Crippen LogP contribution is -2.48. The van der Waals surface area contributed by atoms with Crippen molar-refractivity contribution in [1.82, 2.24) is 15.0 Å². The Bertz CT molecular complexity index is 690. The number of nitrogens with zero attached hydrogens (tertiary/aromatic N) is 3. The van der Waals surface area contributed by atoms with Crippen LogP contribution in [0.3, 0.4) is 0 Å². The van der Waals surface area contributed by atoms with Crippen molar-refractivity contribution in [3.8, 4) is 17.1 Å². The van der Waals surface area contributed by atoms with Crippen molar-refractivity contribution in [2.24, 2.45) is 5.92 Å². The fourth-order valence-corrected chi connectivity index (χ4v) is 2.66. The second-order valence-electron chi connectivity index (χ2n) is 6.25. The van der Waals surface area contributed by atoms with Gasteiger partial charge in [0.1, 0.15) is 5.75 Å². The number of likely N-dealkylation sites (tertiary alicyclic amines) is 1. The average molecular weight is 315 g/mol. The molecule has 0 atom stereocenters. The number of benzene rings is 1. The van der Waals surface area contributed by atoms with Gasteiger partial charge in [-0.2, -0.15) is 4.98 Å². The maximum absolute atomic E-state index is 12.0. The normalized spacial score (nSPS) is 14.9. The van der Waals surface area contributed by atoms with Crippen molar-refractivity contribution in [2.45, 2.75) is 26.2 Å². The molecule has 0 N–H and O–H groups in total. The van der Waals surface area contributed by atoms with Crippen molar-refractivity contribution >= 4 is 5.91 Å². The molecule has 6 nitrogen and oxygen atoms in total. The number of hydrogen-bond acceptors (Lipinski definition) is 5. The van der Waals surface area contributed by atoms with E-state index in [-0.39, 0.29) is 11.8 Å². The van der Waals surface area contributed by atoms with Gasteiger partial charge < -0.3 is 14.2 Å². The molecule has 1 aliphatic rings.